The van der Waals surface area contributed by atoms with Gasteiger partial charge in [0.25, 0.3) is 0 Å². The summed E-state index contributed by atoms with van der Waals surface area (Å²) in [5.74, 6) is 0. The molecule has 2 aromatic rings. The van der Waals surface area contributed by atoms with E-state index in [4.69, 9.17) is 10.8 Å². The predicted octanol–water partition coefficient (Wildman–Crippen LogP) is 4.80. The third kappa shape index (κ3) is 10.9. The van der Waals surface area contributed by atoms with Gasteiger partial charge in [-0.25, -0.2) is 9.97 Å². The standard InChI is InChI=1S/C20H32N6.2BrH/c21-19-23-13-11-17-25(19)15-9-7-5-3-1-2-4-6-8-10-16-26-18-12-14-24-20(26)22;;/h11-14,17-18,21-22H,1-10,15-16H2;2*1H. The molecule has 2 heterocycles. The Morgan fingerprint density at radius 2 is 0.893 bits per heavy atom. The fraction of sp³-hybridized carbons (Fsp3) is 0.600. The van der Waals surface area contributed by atoms with Crippen LogP contribution in [0.3, 0.4) is 0 Å². The highest BCUT2D eigenvalue weighted by Gasteiger charge is 1.96. The SMILES string of the molecule is Br.Br.N=c1ncccn1CCCCCCCCCCCCn1cccnc1=N. The fourth-order valence-corrected chi connectivity index (χ4v) is 3.14. The van der Waals surface area contributed by atoms with Crippen LogP contribution in [0.15, 0.2) is 36.9 Å². The van der Waals surface area contributed by atoms with Crippen LogP contribution in [0.25, 0.3) is 0 Å². The summed E-state index contributed by atoms with van der Waals surface area (Å²) in [6, 6.07) is 3.78. The molecule has 2 N–H and O–H groups in total. The van der Waals surface area contributed by atoms with Crippen molar-refractivity contribution in [3.63, 3.8) is 0 Å². The van der Waals surface area contributed by atoms with Gasteiger partial charge in [0.15, 0.2) is 0 Å². The topological polar surface area (TPSA) is 83.3 Å². The van der Waals surface area contributed by atoms with E-state index in [2.05, 4.69) is 9.97 Å². The van der Waals surface area contributed by atoms with Crippen molar-refractivity contribution >= 4 is 34.0 Å². The van der Waals surface area contributed by atoms with E-state index >= 15 is 0 Å². The number of aryl methyl sites for hydroxylation is 2. The molecule has 0 aromatic carbocycles. The number of nitrogens with zero attached hydrogens (tertiary/aromatic N) is 4. The average molecular weight is 518 g/mol. The first-order valence-corrected chi connectivity index (χ1v) is 9.89. The van der Waals surface area contributed by atoms with Gasteiger partial charge in [-0.2, -0.15) is 0 Å². The van der Waals surface area contributed by atoms with Gasteiger partial charge in [-0.05, 0) is 25.0 Å². The minimum absolute atomic E-state index is 0. The molecule has 0 unspecified atom stereocenters. The van der Waals surface area contributed by atoms with Crippen molar-refractivity contribution in [2.24, 2.45) is 0 Å². The summed E-state index contributed by atoms with van der Waals surface area (Å²) in [5, 5.41) is 15.4. The molecule has 0 saturated heterocycles. The molecule has 2 rings (SSSR count). The molecule has 0 amide bonds. The lowest BCUT2D eigenvalue weighted by Gasteiger charge is -2.06. The predicted molar refractivity (Wildman–Crippen MR) is 123 cm³/mol. The van der Waals surface area contributed by atoms with Gasteiger partial charge in [0, 0.05) is 37.9 Å². The Labute approximate surface area is 189 Å². The van der Waals surface area contributed by atoms with Gasteiger partial charge in [0.1, 0.15) is 0 Å². The van der Waals surface area contributed by atoms with Gasteiger partial charge in [-0.15, -0.1) is 34.0 Å². The molecule has 0 aliphatic rings. The van der Waals surface area contributed by atoms with E-state index in [-0.39, 0.29) is 34.0 Å². The Hall–Kier alpha value is -1.28. The van der Waals surface area contributed by atoms with Crippen LogP contribution in [0.4, 0.5) is 0 Å². The first-order valence-electron chi connectivity index (χ1n) is 9.89. The lowest BCUT2D eigenvalue weighted by molar-refractivity contribution is 0.509. The van der Waals surface area contributed by atoms with Crippen LogP contribution in [0.5, 0.6) is 0 Å². The maximum absolute atomic E-state index is 7.71. The van der Waals surface area contributed by atoms with Gasteiger partial charge in [0.05, 0.1) is 0 Å². The number of rotatable bonds is 13. The molecule has 0 aliphatic carbocycles. The first-order chi connectivity index (χ1) is 12.8. The van der Waals surface area contributed by atoms with Gasteiger partial charge in [-0.1, -0.05) is 51.4 Å². The molecule has 28 heavy (non-hydrogen) atoms. The van der Waals surface area contributed by atoms with Crippen LogP contribution in [-0.2, 0) is 13.1 Å². The zero-order valence-electron chi connectivity index (χ0n) is 16.6. The number of halogens is 2. The maximum atomic E-state index is 7.71. The second-order valence-electron chi connectivity index (χ2n) is 6.81. The summed E-state index contributed by atoms with van der Waals surface area (Å²) >= 11 is 0. The second-order valence-corrected chi connectivity index (χ2v) is 6.81. The summed E-state index contributed by atoms with van der Waals surface area (Å²) < 4.78 is 3.82. The van der Waals surface area contributed by atoms with Crippen LogP contribution in [-0.4, -0.2) is 19.1 Å². The molecule has 0 fully saturated rings. The van der Waals surface area contributed by atoms with Crippen molar-refractivity contribution in [1.29, 1.82) is 10.8 Å². The third-order valence-corrected chi connectivity index (χ3v) is 4.69. The fourth-order valence-electron chi connectivity index (χ4n) is 3.14. The monoisotopic (exact) mass is 516 g/mol. The van der Waals surface area contributed by atoms with Crippen molar-refractivity contribution < 1.29 is 0 Å². The highest BCUT2D eigenvalue weighted by atomic mass is 79.9. The largest absolute Gasteiger partial charge is 0.318 e. The molecule has 0 radical (unpaired) electrons. The second kappa shape index (κ2) is 16.7. The van der Waals surface area contributed by atoms with E-state index in [9.17, 15) is 0 Å². The Morgan fingerprint density at radius 3 is 1.21 bits per heavy atom. The summed E-state index contributed by atoms with van der Waals surface area (Å²) in [7, 11) is 0. The summed E-state index contributed by atoms with van der Waals surface area (Å²) in [5.41, 5.74) is 0.710. The molecule has 0 atom stereocenters. The summed E-state index contributed by atoms with van der Waals surface area (Å²) in [6.45, 7) is 1.81. The Kier molecular flexibility index (Phi) is 15.9. The van der Waals surface area contributed by atoms with E-state index in [1.165, 1.54) is 51.4 Å². The van der Waals surface area contributed by atoms with Crippen molar-refractivity contribution in [3.05, 3.63) is 48.2 Å². The minimum Gasteiger partial charge on any atom is -0.318 e. The lowest BCUT2D eigenvalue weighted by Crippen LogP contribution is -2.21. The average Bonchev–Trinajstić information content (AvgIpc) is 2.65. The number of unbranched alkanes of at least 4 members (excludes halogenated alkanes) is 9. The van der Waals surface area contributed by atoms with Crippen LogP contribution < -0.4 is 11.2 Å². The molecule has 0 saturated carbocycles. The number of hydrogen-bond donors (Lipinski definition) is 2. The number of nitrogens with one attached hydrogen (secondary N) is 2. The maximum Gasteiger partial charge on any atom is 0.221 e. The highest BCUT2D eigenvalue weighted by molar-refractivity contribution is 8.93. The van der Waals surface area contributed by atoms with Crippen LogP contribution >= 0.6 is 34.0 Å². The van der Waals surface area contributed by atoms with E-state index in [0.29, 0.717) is 11.2 Å². The molecule has 0 aliphatic heterocycles. The van der Waals surface area contributed by atoms with Crippen LogP contribution in [0.1, 0.15) is 64.2 Å². The smallest absolute Gasteiger partial charge is 0.221 e. The van der Waals surface area contributed by atoms with Gasteiger partial charge >= 0.3 is 0 Å². The zero-order valence-corrected chi connectivity index (χ0v) is 20.0. The highest BCUT2D eigenvalue weighted by Crippen LogP contribution is 2.11. The quantitative estimate of drug-likeness (QED) is 0.374. The molecule has 158 valence electrons. The number of aromatic nitrogens is 4. The van der Waals surface area contributed by atoms with Crippen molar-refractivity contribution in [1.82, 2.24) is 19.1 Å². The van der Waals surface area contributed by atoms with Crippen LogP contribution in [0.2, 0.25) is 0 Å². The zero-order chi connectivity index (χ0) is 18.5. The van der Waals surface area contributed by atoms with Crippen molar-refractivity contribution in [2.75, 3.05) is 0 Å². The molecular formula is C20H34Br2N6. The summed E-state index contributed by atoms with van der Waals surface area (Å²) in [4.78, 5) is 7.97. The summed E-state index contributed by atoms with van der Waals surface area (Å²) in [6.07, 6.45) is 19.8. The van der Waals surface area contributed by atoms with Gasteiger partial charge in [0.2, 0.25) is 11.2 Å². The molecular weight excluding hydrogens is 484 g/mol. The molecule has 6 nitrogen and oxygen atoms in total. The molecule has 2 aromatic heterocycles. The van der Waals surface area contributed by atoms with Crippen LogP contribution in [0, 0.1) is 10.8 Å². The number of hydrogen-bond acceptors (Lipinski definition) is 4. The normalized spacial score (nSPS) is 10.1. The van der Waals surface area contributed by atoms with Crippen molar-refractivity contribution in [2.45, 2.75) is 77.3 Å². The molecule has 0 spiro atoms. The van der Waals surface area contributed by atoms with E-state index < -0.39 is 0 Å². The van der Waals surface area contributed by atoms with Gasteiger partial charge < -0.3 is 9.13 Å². The Balaban J connectivity index is 0.00000364. The Bertz CT molecular complexity index is 680. The molecule has 0 bridgehead atoms. The lowest BCUT2D eigenvalue weighted by atomic mass is 10.1. The van der Waals surface area contributed by atoms with E-state index in [1.807, 2.05) is 33.7 Å². The first kappa shape index (κ1) is 26.7. The van der Waals surface area contributed by atoms with Crippen molar-refractivity contribution in [3.8, 4) is 0 Å². The minimum atomic E-state index is 0. The third-order valence-electron chi connectivity index (χ3n) is 4.69. The van der Waals surface area contributed by atoms with Gasteiger partial charge in [-0.3, -0.25) is 10.8 Å². The Morgan fingerprint density at radius 1 is 0.571 bits per heavy atom. The molecule has 8 heteroatoms. The van der Waals surface area contributed by atoms with E-state index in [1.54, 1.807) is 12.4 Å². The van der Waals surface area contributed by atoms with E-state index in [0.717, 1.165) is 25.9 Å².